The van der Waals surface area contributed by atoms with E-state index in [1.807, 2.05) is 0 Å². The second-order valence-electron chi connectivity index (χ2n) is 6.18. The zero-order valence-corrected chi connectivity index (χ0v) is 14.2. The highest BCUT2D eigenvalue weighted by atomic mass is 79.9. The molecule has 0 N–H and O–H groups in total. The Kier molecular flexibility index (Phi) is 4.48. The summed E-state index contributed by atoms with van der Waals surface area (Å²) in [6.45, 7) is 12.4. The summed E-state index contributed by atoms with van der Waals surface area (Å²) in [5.41, 5.74) is 2.44. The van der Waals surface area contributed by atoms with Crippen molar-refractivity contribution in [3.8, 4) is 0 Å². The molecule has 0 amide bonds. The number of hydrogen-bond donors (Lipinski definition) is 0. The van der Waals surface area contributed by atoms with Crippen LogP contribution >= 0.6 is 15.9 Å². The highest BCUT2D eigenvalue weighted by Gasteiger charge is 2.27. The van der Waals surface area contributed by atoms with E-state index in [1.165, 1.54) is 55.7 Å². The van der Waals surface area contributed by atoms with Crippen molar-refractivity contribution in [2.45, 2.75) is 39.8 Å². The smallest absolute Gasteiger partial charge is 0.0739 e. The summed E-state index contributed by atoms with van der Waals surface area (Å²) in [7, 11) is 0. The standard InChI is InChI=1S/C15H25BrN4/c1-3-20-14(15(16)12(2)17-20)11-19-8-6-18(7-9-19)10-13-4-5-13/h13H,3-11H2,1-2H3. The van der Waals surface area contributed by atoms with Crippen LogP contribution < -0.4 is 0 Å². The Morgan fingerprint density at radius 3 is 2.40 bits per heavy atom. The first kappa shape index (κ1) is 14.5. The number of hydrogen-bond acceptors (Lipinski definition) is 3. The van der Waals surface area contributed by atoms with Gasteiger partial charge in [-0.3, -0.25) is 9.58 Å². The minimum Gasteiger partial charge on any atom is -0.301 e. The molecule has 20 heavy (non-hydrogen) atoms. The van der Waals surface area contributed by atoms with Crippen LogP contribution in [0.3, 0.4) is 0 Å². The van der Waals surface area contributed by atoms with Crippen molar-refractivity contribution in [2.24, 2.45) is 5.92 Å². The fraction of sp³-hybridized carbons (Fsp3) is 0.800. The third-order valence-corrected chi connectivity index (χ3v) is 5.54. The predicted octanol–water partition coefficient (Wildman–Crippen LogP) is 2.50. The highest BCUT2D eigenvalue weighted by molar-refractivity contribution is 9.10. The highest BCUT2D eigenvalue weighted by Crippen LogP contribution is 2.30. The maximum atomic E-state index is 4.59. The van der Waals surface area contributed by atoms with Gasteiger partial charge in [-0.2, -0.15) is 5.10 Å². The van der Waals surface area contributed by atoms with E-state index in [-0.39, 0.29) is 0 Å². The minimum absolute atomic E-state index is 0.948. The second-order valence-corrected chi connectivity index (χ2v) is 6.97. The average molecular weight is 341 g/mol. The number of aryl methyl sites for hydroxylation is 2. The van der Waals surface area contributed by atoms with E-state index in [0.29, 0.717) is 0 Å². The third-order valence-electron chi connectivity index (χ3n) is 4.50. The summed E-state index contributed by atoms with van der Waals surface area (Å²) in [4.78, 5) is 5.21. The zero-order chi connectivity index (χ0) is 14.1. The van der Waals surface area contributed by atoms with E-state index in [2.05, 4.69) is 49.4 Å². The lowest BCUT2D eigenvalue weighted by Crippen LogP contribution is -2.46. The van der Waals surface area contributed by atoms with Crippen LogP contribution in [-0.4, -0.2) is 52.3 Å². The SMILES string of the molecule is CCn1nc(C)c(Br)c1CN1CCN(CC2CC2)CC1. The van der Waals surface area contributed by atoms with Crippen molar-refractivity contribution in [1.29, 1.82) is 0 Å². The van der Waals surface area contributed by atoms with Gasteiger partial charge in [0.2, 0.25) is 0 Å². The van der Waals surface area contributed by atoms with Crippen LogP contribution in [0, 0.1) is 12.8 Å². The van der Waals surface area contributed by atoms with Gasteiger partial charge in [-0.25, -0.2) is 0 Å². The maximum absolute atomic E-state index is 4.59. The number of piperazine rings is 1. The van der Waals surface area contributed by atoms with E-state index in [4.69, 9.17) is 0 Å². The van der Waals surface area contributed by atoms with E-state index in [1.54, 1.807) is 0 Å². The average Bonchev–Trinajstić information content (AvgIpc) is 3.23. The molecule has 0 atom stereocenters. The maximum Gasteiger partial charge on any atom is 0.0739 e. The van der Waals surface area contributed by atoms with Crippen molar-refractivity contribution < 1.29 is 0 Å². The van der Waals surface area contributed by atoms with Crippen LogP contribution in [0.1, 0.15) is 31.2 Å². The van der Waals surface area contributed by atoms with Crippen molar-refractivity contribution in [2.75, 3.05) is 32.7 Å². The van der Waals surface area contributed by atoms with Gasteiger partial charge in [0.15, 0.2) is 0 Å². The lowest BCUT2D eigenvalue weighted by molar-refractivity contribution is 0.121. The molecule has 0 aromatic carbocycles. The quantitative estimate of drug-likeness (QED) is 0.823. The Hall–Kier alpha value is -0.390. The molecule has 0 spiro atoms. The number of halogens is 1. The number of rotatable bonds is 5. The topological polar surface area (TPSA) is 24.3 Å². The Balaban J connectivity index is 1.56. The molecule has 1 aliphatic carbocycles. The first-order valence-electron chi connectivity index (χ1n) is 7.84. The Morgan fingerprint density at radius 1 is 1.15 bits per heavy atom. The minimum atomic E-state index is 0.948. The predicted molar refractivity (Wildman–Crippen MR) is 84.8 cm³/mol. The van der Waals surface area contributed by atoms with E-state index < -0.39 is 0 Å². The van der Waals surface area contributed by atoms with Crippen LogP contribution in [0.15, 0.2) is 4.47 Å². The summed E-state index contributed by atoms with van der Waals surface area (Å²) in [6, 6.07) is 0. The van der Waals surface area contributed by atoms with Gasteiger partial charge < -0.3 is 4.90 Å². The van der Waals surface area contributed by atoms with E-state index in [9.17, 15) is 0 Å². The molecule has 2 aliphatic rings. The van der Waals surface area contributed by atoms with Gasteiger partial charge in [0, 0.05) is 45.8 Å². The molecule has 0 radical (unpaired) electrons. The molecule has 1 aliphatic heterocycles. The van der Waals surface area contributed by atoms with Crippen molar-refractivity contribution >= 4 is 15.9 Å². The van der Waals surface area contributed by atoms with Crippen molar-refractivity contribution in [1.82, 2.24) is 19.6 Å². The molecule has 1 saturated heterocycles. The largest absolute Gasteiger partial charge is 0.301 e. The first-order valence-corrected chi connectivity index (χ1v) is 8.63. The zero-order valence-electron chi connectivity index (χ0n) is 12.6. The second kappa shape index (κ2) is 6.16. The van der Waals surface area contributed by atoms with E-state index >= 15 is 0 Å². The molecule has 1 aromatic heterocycles. The monoisotopic (exact) mass is 340 g/mol. The fourth-order valence-electron chi connectivity index (χ4n) is 3.03. The summed E-state index contributed by atoms with van der Waals surface area (Å²) >= 11 is 3.70. The van der Waals surface area contributed by atoms with Crippen LogP contribution in [0.2, 0.25) is 0 Å². The van der Waals surface area contributed by atoms with Gasteiger partial charge in [-0.1, -0.05) is 0 Å². The van der Waals surface area contributed by atoms with Gasteiger partial charge >= 0.3 is 0 Å². The Morgan fingerprint density at radius 2 is 1.80 bits per heavy atom. The van der Waals surface area contributed by atoms with Crippen molar-refractivity contribution in [3.63, 3.8) is 0 Å². The molecule has 2 fully saturated rings. The van der Waals surface area contributed by atoms with Crippen molar-refractivity contribution in [3.05, 3.63) is 15.9 Å². The molecule has 1 aromatic rings. The number of nitrogens with zero attached hydrogens (tertiary/aromatic N) is 4. The summed E-state index contributed by atoms with van der Waals surface area (Å²) in [5.74, 6) is 1.01. The molecular weight excluding hydrogens is 316 g/mol. The van der Waals surface area contributed by atoms with Crippen LogP contribution in [0.25, 0.3) is 0 Å². The van der Waals surface area contributed by atoms with Gasteiger partial charge in [0.1, 0.15) is 0 Å². The van der Waals surface area contributed by atoms with Crippen LogP contribution in [-0.2, 0) is 13.1 Å². The summed E-state index contributed by atoms with van der Waals surface area (Å²) in [5, 5.41) is 4.59. The Bertz CT molecular complexity index is 459. The lowest BCUT2D eigenvalue weighted by Gasteiger charge is -2.34. The molecule has 2 heterocycles. The molecule has 4 nitrogen and oxygen atoms in total. The van der Waals surface area contributed by atoms with Gasteiger partial charge in [0.25, 0.3) is 0 Å². The number of aromatic nitrogens is 2. The lowest BCUT2D eigenvalue weighted by atomic mass is 10.2. The summed E-state index contributed by atoms with van der Waals surface area (Å²) < 4.78 is 3.33. The molecule has 0 bridgehead atoms. The molecule has 5 heteroatoms. The van der Waals surface area contributed by atoms with Crippen LogP contribution in [0.5, 0.6) is 0 Å². The van der Waals surface area contributed by atoms with Gasteiger partial charge in [0.05, 0.1) is 15.9 Å². The third kappa shape index (κ3) is 3.26. The fourth-order valence-corrected chi connectivity index (χ4v) is 3.44. The molecule has 112 valence electrons. The first-order chi connectivity index (χ1) is 9.67. The van der Waals surface area contributed by atoms with Crippen LogP contribution in [0.4, 0.5) is 0 Å². The molecule has 1 saturated carbocycles. The Labute approximate surface area is 130 Å². The summed E-state index contributed by atoms with van der Waals surface area (Å²) in [6.07, 6.45) is 2.92. The normalized spacial score (nSPS) is 21.6. The molecular formula is C15H25BrN4. The van der Waals surface area contributed by atoms with E-state index in [0.717, 1.165) is 24.7 Å². The van der Waals surface area contributed by atoms with Gasteiger partial charge in [-0.05, 0) is 48.5 Å². The van der Waals surface area contributed by atoms with Gasteiger partial charge in [-0.15, -0.1) is 0 Å². The molecule has 3 rings (SSSR count). The molecule has 0 unspecified atom stereocenters.